The van der Waals surface area contributed by atoms with Crippen LogP contribution in [0.4, 0.5) is 0 Å². The van der Waals surface area contributed by atoms with Gasteiger partial charge in [0.2, 0.25) is 5.82 Å². The maximum atomic E-state index is 13.9. The highest BCUT2D eigenvalue weighted by Gasteiger charge is 2.29. The van der Waals surface area contributed by atoms with E-state index in [0.717, 1.165) is 64.3 Å². The zero-order chi connectivity index (χ0) is 27.4. The van der Waals surface area contributed by atoms with Gasteiger partial charge in [-0.05, 0) is 60.2 Å². The van der Waals surface area contributed by atoms with E-state index in [0.29, 0.717) is 17.9 Å². The van der Waals surface area contributed by atoms with E-state index in [1.165, 1.54) is 11.1 Å². The minimum absolute atomic E-state index is 0.0408. The molecule has 0 unspecified atom stereocenters. The lowest BCUT2D eigenvalue weighted by Crippen LogP contribution is -2.24. The summed E-state index contributed by atoms with van der Waals surface area (Å²) >= 11 is 0. The number of fused-ring (bicyclic) bond motifs is 2. The van der Waals surface area contributed by atoms with Gasteiger partial charge in [-0.1, -0.05) is 54.5 Å². The van der Waals surface area contributed by atoms with Gasteiger partial charge in [0, 0.05) is 23.7 Å². The Labute approximate surface area is 229 Å². The number of tetrazole rings is 1. The smallest absolute Gasteiger partial charge is 0.277 e. The second-order valence-corrected chi connectivity index (χ2v) is 10.3. The summed E-state index contributed by atoms with van der Waals surface area (Å²) in [5.74, 6) is 2.22. The zero-order valence-electron chi connectivity index (χ0n) is 22.5. The molecule has 2 aromatic carbocycles. The van der Waals surface area contributed by atoms with Crippen molar-refractivity contribution in [1.82, 2.24) is 39.9 Å². The fourth-order valence-corrected chi connectivity index (χ4v) is 6.04. The van der Waals surface area contributed by atoms with E-state index in [1.54, 1.807) is 4.57 Å². The monoisotopic (exact) mass is 532 g/mol. The van der Waals surface area contributed by atoms with Crippen molar-refractivity contribution in [1.29, 1.82) is 0 Å². The number of imidazole rings is 1. The first-order valence-corrected chi connectivity index (χ1v) is 13.5. The van der Waals surface area contributed by atoms with Crippen LogP contribution < -0.4 is 5.56 Å². The number of pyridine rings is 1. The minimum Gasteiger partial charge on any atom is -0.361 e. The Bertz CT molecular complexity index is 1910. The van der Waals surface area contributed by atoms with Crippen LogP contribution in [0.3, 0.4) is 0 Å². The number of H-pyrrole nitrogens is 1. The van der Waals surface area contributed by atoms with E-state index in [9.17, 15) is 4.79 Å². The fraction of sp³-hybridized carbons (Fsp3) is 0.267. The molecular formula is C30H28N8O2. The predicted molar refractivity (Wildman–Crippen MR) is 150 cm³/mol. The van der Waals surface area contributed by atoms with Gasteiger partial charge in [0.05, 0.1) is 23.8 Å². The summed E-state index contributed by atoms with van der Waals surface area (Å²) in [7, 11) is 0. The highest BCUT2D eigenvalue weighted by atomic mass is 16.5. The molecule has 0 fully saturated rings. The molecule has 0 radical (unpaired) electrons. The summed E-state index contributed by atoms with van der Waals surface area (Å²) in [5, 5.41) is 18.7. The normalized spacial score (nSPS) is 14.7. The number of benzene rings is 2. The van der Waals surface area contributed by atoms with Gasteiger partial charge in [-0.3, -0.25) is 4.79 Å². The molecule has 1 aliphatic carbocycles. The molecular weight excluding hydrogens is 504 g/mol. The van der Waals surface area contributed by atoms with Crippen molar-refractivity contribution in [3.8, 4) is 22.5 Å². The lowest BCUT2D eigenvalue weighted by molar-refractivity contribution is 0.392. The Balaban J connectivity index is 1.31. The first kappa shape index (κ1) is 24.2. The van der Waals surface area contributed by atoms with E-state index in [1.807, 2.05) is 44.3 Å². The molecule has 10 nitrogen and oxygen atoms in total. The topological polar surface area (TPSA) is 120 Å². The van der Waals surface area contributed by atoms with Gasteiger partial charge in [-0.15, -0.1) is 10.2 Å². The highest BCUT2D eigenvalue weighted by molar-refractivity contribution is 5.81. The largest absolute Gasteiger partial charge is 0.361 e. The van der Waals surface area contributed by atoms with Crippen LogP contribution in [0, 0.1) is 13.8 Å². The van der Waals surface area contributed by atoms with Gasteiger partial charge in [0.15, 0.2) is 0 Å². The van der Waals surface area contributed by atoms with Gasteiger partial charge in [0.25, 0.3) is 5.56 Å². The van der Waals surface area contributed by atoms with E-state index < -0.39 is 0 Å². The summed E-state index contributed by atoms with van der Waals surface area (Å²) in [6.45, 7) is 6.28. The van der Waals surface area contributed by atoms with Crippen LogP contribution in [0.5, 0.6) is 0 Å². The number of aryl methyl sites for hydroxylation is 4. The third kappa shape index (κ3) is 3.78. The molecule has 0 bridgehead atoms. The maximum Gasteiger partial charge on any atom is 0.277 e. The summed E-state index contributed by atoms with van der Waals surface area (Å²) < 4.78 is 9.25. The predicted octanol–water partition coefficient (Wildman–Crippen LogP) is 4.80. The van der Waals surface area contributed by atoms with Crippen molar-refractivity contribution in [2.24, 2.45) is 0 Å². The SMILES string of the molecule is CCc1nc2ccn(Cc3c(C)noc3C)c(=O)c2n1[C@H]1CCc2cc(-c3ccccc3-c3nn[nH]n3)ccc21. The third-order valence-corrected chi connectivity index (χ3v) is 8.04. The number of nitrogens with one attached hydrogen (secondary N) is 1. The van der Waals surface area contributed by atoms with Crippen molar-refractivity contribution in [2.75, 3.05) is 0 Å². The molecule has 0 aliphatic heterocycles. The van der Waals surface area contributed by atoms with Gasteiger partial charge >= 0.3 is 0 Å². The standard InChI is InChI=1S/C30H28N8O2/c1-4-27-31-25-13-14-37(16-24-17(2)34-40-18(24)3)30(39)28(25)38(27)26-12-10-20-15-19(9-11-22(20)26)21-7-5-6-8-23(21)29-32-35-36-33-29/h5-9,11,13-15,26H,4,10,12,16H2,1-3H3,(H,32,33,35,36)/t26-/m0/s1. The van der Waals surface area contributed by atoms with Crippen LogP contribution in [0.2, 0.25) is 0 Å². The van der Waals surface area contributed by atoms with Gasteiger partial charge in [-0.25, -0.2) is 4.98 Å². The number of aromatic amines is 1. The average molecular weight is 533 g/mol. The average Bonchev–Trinajstić information content (AvgIpc) is 3.77. The zero-order valence-corrected chi connectivity index (χ0v) is 22.5. The summed E-state index contributed by atoms with van der Waals surface area (Å²) in [5.41, 5.74) is 8.66. The third-order valence-electron chi connectivity index (χ3n) is 8.04. The molecule has 0 spiro atoms. The molecule has 6 aromatic rings. The molecule has 4 aromatic heterocycles. The minimum atomic E-state index is -0.0520. The van der Waals surface area contributed by atoms with Gasteiger partial charge in [0.1, 0.15) is 17.1 Å². The van der Waals surface area contributed by atoms with Crippen molar-refractivity contribution < 1.29 is 4.52 Å². The Morgan fingerprint density at radius 2 is 1.95 bits per heavy atom. The van der Waals surface area contributed by atoms with Crippen LogP contribution in [0.15, 0.2) is 64.0 Å². The number of nitrogens with zero attached hydrogens (tertiary/aromatic N) is 7. The van der Waals surface area contributed by atoms with Crippen molar-refractivity contribution in [3.63, 3.8) is 0 Å². The van der Waals surface area contributed by atoms with Crippen LogP contribution in [-0.4, -0.2) is 39.9 Å². The molecule has 10 heteroatoms. The summed E-state index contributed by atoms with van der Waals surface area (Å²) in [6, 6.07) is 16.7. The van der Waals surface area contributed by atoms with E-state index in [2.05, 4.69) is 61.5 Å². The van der Waals surface area contributed by atoms with E-state index >= 15 is 0 Å². The van der Waals surface area contributed by atoms with Gasteiger partial charge < -0.3 is 13.7 Å². The molecule has 1 N–H and O–H groups in total. The molecule has 7 rings (SSSR count). The lowest BCUT2D eigenvalue weighted by Gasteiger charge is -2.18. The Morgan fingerprint density at radius 3 is 2.70 bits per heavy atom. The summed E-state index contributed by atoms with van der Waals surface area (Å²) in [4.78, 5) is 18.8. The molecule has 200 valence electrons. The lowest BCUT2D eigenvalue weighted by atomic mass is 9.96. The number of aromatic nitrogens is 8. The summed E-state index contributed by atoms with van der Waals surface area (Å²) in [6.07, 6.45) is 4.38. The highest BCUT2D eigenvalue weighted by Crippen LogP contribution is 2.40. The first-order chi connectivity index (χ1) is 19.5. The quantitative estimate of drug-likeness (QED) is 0.327. The Kier molecular flexibility index (Phi) is 5.69. The second-order valence-electron chi connectivity index (χ2n) is 10.3. The molecule has 0 amide bonds. The molecule has 0 saturated heterocycles. The Hall–Kier alpha value is -4.86. The molecule has 4 heterocycles. The van der Waals surface area contributed by atoms with E-state index in [4.69, 9.17) is 9.51 Å². The second kappa shape index (κ2) is 9.41. The van der Waals surface area contributed by atoms with Crippen molar-refractivity contribution >= 4 is 11.0 Å². The first-order valence-electron chi connectivity index (χ1n) is 13.5. The number of hydrogen-bond acceptors (Lipinski definition) is 7. The van der Waals surface area contributed by atoms with Crippen LogP contribution in [0.25, 0.3) is 33.5 Å². The van der Waals surface area contributed by atoms with Crippen molar-refractivity contribution in [2.45, 2.75) is 52.6 Å². The number of hydrogen-bond donors (Lipinski definition) is 1. The van der Waals surface area contributed by atoms with Crippen molar-refractivity contribution in [3.05, 3.63) is 99.1 Å². The number of rotatable bonds is 6. The fourth-order valence-electron chi connectivity index (χ4n) is 6.04. The van der Waals surface area contributed by atoms with E-state index in [-0.39, 0.29) is 11.6 Å². The molecule has 1 aliphatic rings. The molecule has 0 saturated carbocycles. The van der Waals surface area contributed by atoms with Crippen LogP contribution >= 0.6 is 0 Å². The molecule has 40 heavy (non-hydrogen) atoms. The van der Waals surface area contributed by atoms with Crippen LogP contribution in [0.1, 0.15) is 53.4 Å². The Morgan fingerprint density at radius 1 is 1.10 bits per heavy atom. The van der Waals surface area contributed by atoms with Crippen LogP contribution in [-0.2, 0) is 19.4 Å². The van der Waals surface area contributed by atoms with Gasteiger partial charge in [-0.2, -0.15) is 5.21 Å². The maximum absolute atomic E-state index is 13.9. The molecule has 1 atom stereocenters.